The molecule has 0 spiro atoms. The molecule has 5 heteroatoms. The molecule has 3 aromatic carbocycles. The summed E-state index contributed by atoms with van der Waals surface area (Å²) in [4.78, 5) is 13.5. The van der Waals surface area contributed by atoms with Crippen molar-refractivity contribution in [3.8, 4) is 0 Å². The third kappa shape index (κ3) is 6.35. The number of carbonyl (C=O) groups excluding carboxylic acids is 1. The van der Waals surface area contributed by atoms with E-state index in [2.05, 4.69) is 5.10 Å². The Morgan fingerprint density at radius 1 is 0.944 bits per heavy atom. The molecular formula is C31H34N2O3. The topological polar surface area (TPSA) is 71.2 Å². The van der Waals surface area contributed by atoms with Crippen LogP contribution in [0.3, 0.4) is 0 Å². The van der Waals surface area contributed by atoms with Gasteiger partial charge in [0.2, 0.25) is 0 Å². The molecule has 3 atom stereocenters. The van der Waals surface area contributed by atoms with E-state index in [1.807, 2.05) is 105 Å². The second kappa shape index (κ2) is 11.4. The van der Waals surface area contributed by atoms with E-state index in [4.69, 9.17) is 9.84 Å². The number of ether oxygens (including phenoxy) is 1. The highest BCUT2D eigenvalue weighted by Gasteiger charge is 2.45. The van der Waals surface area contributed by atoms with Gasteiger partial charge in [0.05, 0.1) is 17.9 Å². The van der Waals surface area contributed by atoms with Gasteiger partial charge in [0.1, 0.15) is 11.6 Å². The van der Waals surface area contributed by atoms with Crippen molar-refractivity contribution >= 4 is 17.4 Å². The molecule has 0 heterocycles. The number of esters is 1. The van der Waals surface area contributed by atoms with Crippen LogP contribution in [0.25, 0.3) is 0 Å². The van der Waals surface area contributed by atoms with Crippen LogP contribution in [0.15, 0.2) is 101 Å². The maximum absolute atomic E-state index is 13.5. The number of aliphatic hydroxyl groups is 1. The maximum Gasteiger partial charge on any atom is 0.315 e. The molecule has 3 unspecified atom stereocenters. The van der Waals surface area contributed by atoms with Gasteiger partial charge in [-0.15, -0.1) is 5.10 Å². The van der Waals surface area contributed by atoms with Crippen molar-refractivity contribution in [3.63, 3.8) is 0 Å². The number of nitrogens with zero attached hydrogens (tertiary/aromatic N) is 2. The molecule has 1 aliphatic rings. The summed E-state index contributed by atoms with van der Waals surface area (Å²) in [5, 5.41) is 20.6. The molecule has 0 bridgehead atoms. The summed E-state index contributed by atoms with van der Waals surface area (Å²) in [6.45, 7) is 6.16. The normalized spacial score (nSPS) is 22.9. The Hall–Kier alpha value is -3.57. The number of benzene rings is 3. The fourth-order valence-corrected chi connectivity index (χ4v) is 4.73. The highest BCUT2D eigenvalue weighted by molar-refractivity contribution is 6.13. The third-order valence-electron chi connectivity index (χ3n) is 6.40. The summed E-state index contributed by atoms with van der Waals surface area (Å²) in [7, 11) is 0. The zero-order valence-corrected chi connectivity index (χ0v) is 21.2. The molecule has 1 aliphatic carbocycles. The second-order valence-electron chi connectivity index (χ2n) is 10.2. The van der Waals surface area contributed by atoms with Gasteiger partial charge >= 0.3 is 5.97 Å². The summed E-state index contributed by atoms with van der Waals surface area (Å²) in [6, 6.07) is 29.6. The Morgan fingerprint density at radius 2 is 1.47 bits per heavy atom. The quantitative estimate of drug-likeness (QED) is 0.254. The van der Waals surface area contributed by atoms with Crippen molar-refractivity contribution in [2.45, 2.75) is 45.1 Å². The number of carbonyl (C=O) groups is 1. The minimum atomic E-state index is -1.02. The third-order valence-corrected chi connectivity index (χ3v) is 6.40. The van der Waals surface area contributed by atoms with Gasteiger partial charge in [-0.1, -0.05) is 105 Å². The first kappa shape index (κ1) is 25.5. The Labute approximate surface area is 213 Å². The Balaban J connectivity index is 1.81. The molecule has 0 amide bonds. The van der Waals surface area contributed by atoms with Crippen LogP contribution in [-0.4, -0.2) is 34.7 Å². The average Bonchev–Trinajstić information content (AvgIpc) is 2.88. The molecule has 1 saturated carbocycles. The van der Waals surface area contributed by atoms with E-state index < -0.39 is 11.5 Å². The zero-order chi connectivity index (χ0) is 25.5. The Kier molecular flexibility index (Phi) is 8.11. The first-order valence-corrected chi connectivity index (χ1v) is 12.5. The Bertz CT molecular complexity index is 1160. The van der Waals surface area contributed by atoms with Crippen LogP contribution in [0.1, 0.15) is 56.2 Å². The standard InChI is InChI=1S/C31H34N2O3/c1-22(2)21-36-30(34)28-26(23-13-7-4-8-14-23)19-31(3,35)20-27(28)32-33-29(24-15-9-5-10-16-24)25-17-11-6-12-18-25/h4-18,22,26,28,35H,19-21H2,1-3H3/b32-27+. The second-order valence-corrected chi connectivity index (χ2v) is 10.2. The van der Waals surface area contributed by atoms with E-state index in [1.165, 1.54) is 0 Å². The van der Waals surface area contributed by atoms with E-state index in [-0.39, 0.29) is 24.2 Å². The van der Waals surface area contributed by atoms with Crippen LogP contribution in [-0.2, 0) is 9.53 Å². The van der Waals surface area contributed by atoms with Crippen LogP contribution in [0.2, 0.25) is 0 Å². The van der Waals surface area contributed by atoms with Crippen LogP contribution in [0.5, 0.6) is 0 Å². The molecule has 0 radical (unpaired) electrons. The maximum atomic E-state index is 13.5. The van der Waals surface area contributed by atoms with Gasteiger partial charge in [-0.05, 0) is 24.8 Å². The average molecular weight is 483 g/mol. The highest BCUT2D eigenvalue weighted by Crippen LogP contribution is 2.42. The molecule has 3 aromatic rings. The summed E-state index contributed by atoms with van der Waals surface area (Å²) in [5.74, 6) is -0.983. The lowest BCUT2D eigenvalue weighted by Crippen LogP contribution is -2.45. The van der Waals surface area contributed by atoms with Crippen molar-refractivity contribution < 1.29 is 14.6 Å². The van der Waals surface area contributed by atoms with E-state index >= 15 is 0 Å². The van der Waals surface area contributed by atoms with Crippen LogP contribution in [0, 0.1) is 11.8 Å². The summed E-state index contributed by atoms with van der Waals surface area (Å²) in [5.41, 5.74) is 3.05. The predicted octanol–water partition coefficient (Wildman–Crippen LogP) is 6.02. The molecule has 186 valence electrons. The molecule has 0 aliphatic heterocycles. The van der Waals surface area contributed by atoms with Crippen molar-refractivity contribution in [1.82, 2.24) is 0 Å². The minimum Gasteiger partial charge on any atom is -0.465 e. The van der Waals surface area contributed by atoms with Gasteiger partial charge in [-0.3, -0.25) is 4.79 Å². The molecule has 5 nitrogen and oxygen atoms in total. The number of rotatable bonds is 7. The van der Waals surface area contributed by atoms with Gasteiger partial charge in [0.15, 0.2) is 0 Å². The highest BCUT2D eigenvalue weighted by atomic mass is 16.5. The first-order valence-electron chi connectivity index (χ1n) is 12.5. The molecule has 1 N–H and O–H groups in total. The molecule has 0 saturated heterocycles. The first-order chi connectivity index (χ1) is 17.3. The SMILES string of the molecule is CC(C)COC(=O)C1/C(=N/N=C(c2ccccc2)c2ccccc2)CC(C)(O)CC1c1ccccc1. The number of hydrogen-bond acceptors (Lipinski definition) is 5. The zero-order valence-electron chi connectivity index (χ0n) is 21.2. The van der Waals surface area contributed by atoms with Crippen molar-refractivity contribution in [3.05, 3.63) is 108 Å². The molecule has 4 rings (SSSR count). The fraction of sp³-hybridized carbons (Fsp3) is 0.323. The lowest BCUT2D eigenvalue weighted by molar-refractivity contribution is -0.149. The summed E-state index contributed by atoms with van der Waals surface area (Å²) < 4.78 is 5.72. The number of hydrogen-bond donors (Lipinski definition) is 1. The molecule has 36 heavy (non-hydrogen) atoms. The summed E-state index contributed by atoms with van der Waals surface area (Å²) in [6.07, 6.45) is 0.684. The lowest BCUT2D eigenvalue weighted by Gasteiger charge is -2.39. The van der Waals surface area contributed by atoms with Crippen molar-refractivity contribution in [2.24, 2.45) is 22.0 Å². The smallest absolute Gasteiger partial charge is 0.315 e. The van der Waals surface area contributed by atoms with Gasteiger partial charge in [-0.25, -0.2) is 0 Å². The van der Waals surface area contributed by atoms with Crippen LogP contribution in [0.4, 0.5) is 0 Å². The molecule has 1 fully saturated rings. The van der Waals surface area contributed by atoms with Crippen LogP contribution >= 0.6 is 0 Å². The largest absolute Gasteiger partial charge is 0.465 e. The van der Waals surface area contributed by atoms with Gasteiger partial charge in [-0.2, -0.15) is 5.10 Å². The summed E-state index contributed by atoms with van der Waals surface area (Å²) >= 11 is 0. The van der Waals surface area contributed by atoms with Gasteiger partial charge < -0.3 is 9.84 Å². The Morgan fingerprint density at radius 3 is 2.00 bits per heavy atom. The van der Waals surface area contributed by atoms with E-state index in [0.29, 0.717) is 24.5 Å². The van der Waals surface area contributed by atoms with Crippen LogP contribution < -0.4 is 0 Å². The van der Waals surface area contributed by atoms with E-state index in [9.17, 15) is 9.90 Å². The van der Waals surface area contributed by atoms with Gasteiger partial charge in [0, 0.05) is 23.5 Å². The minimum absolute atomic E-state index is 0.219. The predicted molar refractivity (Wildman–Crippen MR) is 144 cm³/mol. The van der Waals surface area contributed by atoms with E-state index in [1.54, 1.807) is 6.92 Å². The lowest BCUT2D eigenvalue weighted by atomic mass is 9.68. The van der Waals surface area contributed by atoms with Crippen molar-refractivity contribution in [2.75, 3.05) is 6.61 Å². The van der Waals surface area contributed by atoms with E-state index in [0.717, 1.165) is 16.7 Å². The monoisotopic (exact) mass is 482 g/mol. The molecular weight excluding hydrogens is 448 g/mol. The van der Waals surface area contributed by atoms with Crippen molar-refractivity contribution in [1.29, 1.82) is 0 Å². The fourth-order valence-electron chi connectivity index (χ4n) is 4.73. The van der Waals surface area contributed by atoms with Gasteiger partial charge in [0.25, 0.3) is 0 Å². The molecule has 0 aromatic heterocycles.